The molecule has 1 atom stereocenters. The molecule has 7 heteroatoms. The Bertz CT molecular complexity index is 638. The normalized spacial score (nSPS) is 13.2. The van der Waals surface area contributed by atoms with Crippen LogP contribution in [-0.4, -0.2) is 25.7 Å². The van der Waals surface area contributed by atoms with Gasteiger partial charge in [0.2, 0.25) is 10.0 Å². The van der Waals surface area contributed by atoms with Crippen LogP contribution in [0.2, 0.25) is 0 Å². The number of rotatable bonds is 5. The van der Waals surface area contributed by atoms with E-state index in [0.29, 0.717) is 5.75 Å². The highest BCUT2D eigenvalue weighted by molar-refractivity contribution is 7.89. The predicted molar refractivity (Wildman–Crippen MR) is 70.3 cm³/mol. The Labute approximate surface area is 111 Å². The number of methoxy groups -OCH3 is 1. The smallest absolute Gasteiger partial charge is 0.244 e. The Morgan fingerprint density at radius 3 is 2.74 bits per heavy atom. The first-order valence-corrected chi connectivity index (χ1v) is 7.17. The van der Waals surface area contributed by atoms with Gasteiger partial charge in [-0.15, -0.1) is 0 Å². The van der Waals surface area contributed by atoms with E-state index < -0.39 is 16.1 Å². The first kappa shape index (κ1) is 13.6. The largest absolute Gasteiger partial charge is 0.496 e. The zero-order chi connectivity index (χ0) is 13.9. The van der Waals surface area contributed by atoms with Crippen molar-refractivity contribution in [2.24, 2.45) is 0 Å². The number of para-hydroxylation sites is 1. The minimum Gasteiger partial charge on any atom is -0.496 e. The van der Waals surface area contributed by atoms with Gasteiger partial charge in [-0.3, -0.25) is 5.10 Å². The van der Waals surface area contributed by atoms with E-state index in [2.05, 4.69) is 14.9 Å². The lowest BCUT2D eigenvalue weighted by Gasteiger charge is -2.16. The molecule has 19 heavy (non-hydrogen) atoms. The van der Waals surface area contributed by atoms with E-state index in [0.717, 1.165) is 5.56 Å². The van der Waals surface area contributed by atoms with Crippen LogP contribution in [0.4, 0.5) is 0 Å². The van der Waals surface area contributed by atoms with Gasteiger partial charge in [0.05, 0.1) is 13.3 Å². The Morgan fingerprint density at radius 2 is 2.11 bits per heavy atom. The minimum atomic E-state index is -3.59. The maximum atomic E-state index is 12.1. The minimum absolute atomic E-state index is 0.106. The molecular formula is C12H15N3O3S. The van der Waals surface area contributed by atoms with Gasteiger partial charge < -0.3 is 4.74 Å². The van der Waals surface area contributed by atoms with Crippen molar-refractivity contribution in [3.63, 3.8) is 0 Å². The second-order valence-electron chi connectivity index (χ2n) is 4.02. The van der Waals surface area contributed by atoms with Gasteiger partial charge in [-0.1, -0.05) is 18.2 Å². The summed E-state index contributed by atoms with van der Waals surface area (Å²) in [7, 11) is -2.04. The van der Waals surface area contributed by atoms with Crippen molar-refractivity contribution < 1.29 is 13.2 Å². The fraction of sp³-hybridized carbons (Fsp3) is 0.250. The number of ether oxygens (including phenoxy) is 1. The molecule has 0 saturated carbocycles. The molecule has 1 aromatic carbocycles. The van der Waals surface area contributed by atoms with Gasteiger partial charge in [0.1, 0.15) is 10.6 Å². The molecule has 1 unspecified atom stereocenters. The Hall–Kier alpha value is -1.86. The number of nitrogens with one attached hydrogen (secondary N) is 2. The van der Waals surface area contributed by atoms with Crippen LogP contribution >= 0.6 is 0 Å². The number of H-pyrrole nitrogens is 1. The van der Waals surface area contributed by atoms with Gasteiger partial charge in [-0.05, 0) is 13.0 Å². The lowest BCUT2D eigenvalue weighted by Crippen LogP contribution is -2.26. The van der Waals surface area contributed by atoms with E-state index in [4.69, 9.17) is 4.74 Å². The SMILES string of the molecule is COc1ccccc1C(C)NS(=O)(=O)c1cn[nH]c1. The molecular weight excluding hydrogens is 266 g/mol. The Morgan fingerprint density at radius 1 is 1.37 bits per heavy atom. The van der Waals surface area contributed by atoms with E-state index >= 15 is 0 Å². The van der Waals surface area contributed by atoms with Gasteiger partial charge in [-0.2, -0.15) is 5.10 Å². The van der Waals surface area contributed by atoms with Crippen molar-refractivity contribution in [1.82, 2.24) is 14.9 Å². The molecule has 2 rings (SSSR count). The van der Waals surface area contributed by atoms with Crippen LogP contribution in [0.1, 0.15) is 18.5 Å². The number of aromatic nitrogens is 2. The molecule has 0 radical (unpaired) electrons. The highest BCUT2D eigenvalue weighted by atomic mass is 32.2. The quantitative estimate of drug-likeness (QED) is 0.869. The summed E-state index contributed by atoms with van der Waals surface area (Å²) in [6.07, 6.45) is 2.59. The summed E-state index contributed by atoms with van der Waals surface area (Å²) in [6, 6.07) is 6.87. The number of hydrogen-bond donors (Lipinski definition) is 2. The van der Waals surface area contributed by atoms with Crippen LogP contribution < -0.4 is 9.46 Å². The summed E-state index contributed by atoms with van der Waals surface area (Å²) < 4.78 is 31.9. The number of hydrogen-bond acceptors (Lipinski definition) is 4. The van der Waals surface area contributed by atoms with Crippen molar-refractivity contribution in [2.45, 2.75) is 17.9 Å². The molecule has 0 aliphatic rings. The van der Waals surface area contributed by atoms with Crippen LogP contribution in [0.25, 0.3) is 0 Å². The molecule has 102 valence electrons. The molecule has 1 aromatic heterocycles. The second-order valence-corrected chi connectivity index (χ2v) is 5.73. The van der Waals surface area contributed by atoms with Gasteiger partial charge in [-0.25, -0.2) is 13.1 Å². The van der Waals surface area contributed by atoms with Crippen molar-refractivity contribution in [3.05, 3.63) is 42.2 Å². The zero-order valence-electron chi connectivity index (χ0n) is 10.6. The molecule has 1 heterocycles. The predicted octanol–water partition coefficient (Wildman–Crippen LogP) is 1.46. The summed E-state index contributed by atoms with van der Waals surface area (Å²) in [6.45, 7) is 1.76. The van der Waals surface area contributed by atoms with Crippen LogP contribution in [0.5, 0.6) is 5.75 Å². The lowest BCUT2D eigenvalue weighted by atomic mass is 10.1. The molecule has 0 saturated heterocycles. The number of nitrogens with zero attached hydrogens (tertiary/aromatic N) is 1. The van der Waals surface area contributed by atoms with E-state index in [1.807, 2.05) is 18.2 Å². The van der Waals surface area contributed by atoms with E-state index in [-0.39, 0.29) is 4.90 Å². The van der Waals surface area contributed by atoms with Gasteiger partial charge in [0.25, 0.3) is 0 Å². The third-order valence-corrected chi connectivity index (χ3v) is 4.23. The van der Waals surface area contributed by atoms with Crippen LogP contribution in [-0.2, 0) is 10.0 Å². The van der Waals surface area contributed by atoms with Gasteiger partial charge >= 0.3 is 0 Å². The van der Waals surface area contributed by atoms with Gasteiger partial charge in [0, 0.05) is 17.8 Å². The molecule has 2 N–H and O–H groups in total. The highest BCUT2D eigenvalue weighted by Crippen LogP contribution is 2.25. The average Bonchev–Trinajstić information content (AvgIpc) is 2.93. The molecule has 0 spiro atoms. The molecule has 2 aromatic rings. The average molecular weight is 281 g/mol. The molecule has 0 aliphatic heterocycles. The van der Waals surface area contributed by atoms with Crippen molar-refractivity contribution >= 4 is 10.0 Å². The highest BCUT2D eigenvalue weighted by Gasteiger charge is 2.20. The number of aromatic amines is 1. The third kappa shape index (κ3) is 2.94. The second kappa shape index (κ2) is 5.41. The maximum Gasteiger partial charge on any atom is 0.244 e. The summed E-state index contributed by atoms with van der Waals surface area (Å²) in [4.78, 5) is 0.106. The zero-order valence-corrected chi connectivity index (χ0v) is 11.4. The maximum absolute atomic E-state index is 12.1. The van der Waals surface area contributed by atoms with E-state index in [9.17, 15) is 8.42 Å². The first-order valence-electron chi connectivity index (χ1n) is 5.68. The van der Waals surface area contributed by atoms with Crippen LogP contribution in [0, 0.1) is 0 Å². The van der Waals surface area contributed by atoms with Crippen molar-refractivity contribution in [1.29, 1.82) is 0 Å². The third-order valence-electron chi connectivity index (χ3n) is 2.72. The number of benzene rings is 1. The molecule has 0 bridgehead atoms. The van der Waals surface area contributed by atoms with E-state index in [1.54, 1.807) is 20.1 Å². The first-order chi connectivity index (χ1) is 9.04. The summed E-state index contributed by atoms with van der Waals surface area (Å²) in [5.74, 6) is 0.643. The molecule has 0 fully saturated rings. The fourth-order valence-electron chi connectivity index (χ4n) is 1.77. The molecule has 0 aliphatic carbocycles. The summed E-state index contributed by atoms with van der Waals surface area (Å²) in [5, 5.41) is 6.11. The topological polar surface area (TPSA) is 84.1 Å². The number of sulfonamides is 1. The molecule has 0 amide bonds. The fourth-order valence-corrected chi connectivity index (χ4v) is 2.90. The van der Waals surface area contributed by atoms with E-state index in [1.165, 1.54) is 12.4 Å². The van der Waals surface area contributed by atoms with Crippen molar-refractivity contribution in [2.75, 3.05) is 7.11 Å². The van der Waals surface area contributed by atoms with Crippen LogP contribution in [0.15, 0.2) is 41.6 Å². The van der Waals surface area contributed by atoms with Crippen molar-refractivity contribution in [3.8, 4) is 5.75 Å². The Balaban J connectivity index is 2.24. The standard InChI is InChI=1S/C12H15N3O3S/c1-9(11-5-3-4-6-12(11)18-2)15-19(16,17)10-7-13-14-8-10/h3-9,15H,1-2H3,(H,13,14). The summed E-state index contributed by atoms with van der Waals surface area (Å²) in [5.41, 5.74) is 0.775. The molecule has 6 nitrogen and oxygen atoms in total. The van der Waals surface area contributed by atoms with Gasteiger partial charge in [0.15, 0.2) is 0 Å². The summed E-state index contributed by atoms with van der Waals surface area (Å²) >= 11 is 0. The Kier molecular flexibility index (Phi) is 3.87. The monoisotopic (exact) mass is 281 g/mol. The van der Waals surface area contributed by atoms with Crippen LogP contribution in [0.3, 0.4) is 0 Å². The lowest BCUT2D eigenvalue weighted by molar-refractivity contribution is 0.405.